The molecule has 0 fully saturated rings. The molecule has 0 bridgehead atoms. The van der Waals surface area contributed by atoms with Crippen LogP contribution < -0.4 is 4.74 Å². The Bertz CT molecular complexity index is 1410. The zero-order valence-corrected chi connectivity index (χ0v) is 18.0. The van der Waals surface area contributed by atoms with Crippen molar-refractivity contribution in [3.8, 4) is 45.9 Å². The maximum atomic E-state index is 12.5. The summed E-state index contributed by atoms with van der Waals surface area (Å²) in [6.07, 6.45) is 0. The van der Waals surface area contributed by atoms with E-state index in [0.717, 1.165) is 22.4 Å². The van der Waals surface area contributed by atoms with Crippen LogP contribution in [0.2, 0.25) is 0 Å². The number of esters is 1. The van der Waals surface area contributed by atoms with Gasteiger partial charge in [0.1, 0.15) is 11.4 Å². The van der Waals surface area contributed by atoms with Gasteiger partial charge in [0.05, 0.1) is 17.2 Å². The molecule has 0 atom stereocenters. The minimum Gasteiger partial charge on any atom is -0.435 e. The first-order valence-electron chi connectivity index (χ1n) is 10.7. The molecule has 5 heteroatoms. The highest BCUT2D eigenvalue weighted by Crippen LogP contribution is 2.35. The lowest BCUT2D eigenvalue weighted by Gasteiger charge is -2.05. The van der Waals surface area contributed by atoms with Gasteiger partial charge in [0.15, 0.2) is 5.76 Å². The molecule has 0 saturated heterocycles. The maximum absolute atomic E-state index is 12.5. The number of rotatable bonds is 5. The van der Waals surface area contributed by atoms with Gasteiger partial charge in [-0.05, 0) is 48.5 Å². The Hall–Kier alpha value is -4.95. The summed E-state index contributed by atoms with van der Waals surface area (Å²) in [5, 5.41) is 8.89. The van der Waals surface area contributed by atoms with Crippen LogP contribution in [-0.2, 0) is 0 Å². The molecular formula is C29H18N2O3. The lowest BCUT2D eigenvalue weighted by Crippen LogP contribution is -2.08. The summed E-state index contributed by atoms with van der Waals surface area (Å²) in [4.78, 5) is 17.3. The van der Waals surface area contributed by atoms with Crippen LogP contribution in [0.1, 0.15) is 15.9 Å². The van der Waals surface area contributed by atoms with Crippen molar-refractivity contribution in [3.05, 3.63) is 120 Å². The molecule has 5 aromatic rings. The third kappa shape index (κ3) is 4.34. The second-order valence-electron chi connectivity index (χ2n) is 7.53. The highest BCUT2D eigenvalue weighted by molar-refractivity contribution is 5.91. The largest absolute Gasteiger partial charge is 0.435 e. The number of hydrogen-bond donors (Lipinski definition) is 0. The molecule has 0 N–H and O–H groups in total. The average molecular weight is 442 g/mol. The van der Waals surface area contributed by atoms with E-state index in [2.05, 4.69) is 0 Å². The first kappa shape index (κ1) is 20.9. The van der Waals surface area contributed by atoms with Gasteiger partial charge in [-0.15, -0.1) is 0 Å². The van der Waals surface area contributed by atoms with Crippen LogP contribution >= 0.6 is 0 Å². The van der Waals surface area contributed by atoms with Gasteiger partial charge in [0.2, 0.25) is 5.89 Å². The highest BCUT2D eigenvalue weighted by Gasteiger charge is 2.18. The number of nitriles is 1. The van der Waals surface area contributed by atoms with E-state index < -0.39 is 5.97 Å². The van der Waals surface area contributed by atoms with Gasteiger partial charge in [-0.2, -0.15) is 5.26 Å². The molecule has 0 radical (unpaired) electrons. The van der Waals surface area contributed by atoms with E-state index >= 15 is 0 Å². The molecule has 0 aliphatic carbocycles. The van der Waals surface area contributed by atoms with Gasteiger partial charge in [0.25, 0.3) is 0 Å². The Morgan fingerprint density at radius 3 is 1.97 bits per heavy atom. The number of aromatic nitrogens is 1. The molecule has 0 spiro atoms. The van der Waals surface area contributed by atoms with Crippen molar-refractivity contribution >= 4 is 5.97 Å². The third-order valence-corrected chi connectivity index (χ3v) is 5.27. The number of nitrogens with zero attached hydrogens (tertiary/aromatic N) is 2. The fourth-order valence-corrected chi connectivity index (χ4v) is 3.53. The van der Waals surface area contributed by atoms with Crippen molar-refractivity contribution in [2.24, 2.45) is 0 Å². The van der Waals surface area contributed by atoms with Crippen molar-refractivity contribution < 1.29 is 13.9 Å². The molecule has 0 amide bonds. The van der Waals surface area contributed by atoms with E-state index in [0.29, 0.717) is 28.5 Å². The Morgan fingerprint density at radius 2 is 1.35 bits per heavy atom. The molecule has 5 nitrogen and oxygen atoms in total. The number of oxazole rings is 1. The fraction of sp³-hybridized carbons (Fsp3) is 0. The lowest BCUT2D eigenvalue weighted by atomic mass is 10.1. The monoisotopic (exact) mass is 442 g/mol. The Labute approximate surface area is 196 Å². The topological polar surface area (TPSA) is 76.1 Å². The zero-order valence-electron chi connectivity index (χ0n) is 18.0. The minimum atomic E-state index is -0.487. The third-order valence-electron chi connectivity index (χ3n) is 5.27. The first-order chi connectivity index (χ1) is 16.7. The standard InChI is InChI=1S/C29H18N2O3/c30-19-20-11-17-25(18-12-20)33-29(32)24-15-13-23(14-16-24)28-31-26(21-7-3-1-4-8-21)27(34-28)22-9-5-2-6-10-22/h1-18H. The molecule has 4 aromatic carbocycles. The second-order valence-corrected chi connectivity index (χ2v) is 7.53. The van der Waals surface area contributed by atoms with Crippen molar-refractivity contribution in [2.45, 2.75) is 0 Å². The molecule has 0 aliphatic heterocycles. The Kier molecular flexibility index (Phi) is 5.71. The Morgan fingerprint density at radius 1 is 0.735 bits per heavy atom. The van der Waals surface area contributed by atoms with Gasteiger partial charge in [0, 0.05) is 16.7 Å². The van der Waals surface area contributed by atoms with Gasteiger partial charge >= 0.3 is 5.97 Å². The number of benzene rings is 4. The van der Waals surface area contributed by atoms with Crippen LogP contribution in [-0.4, -0.2) is 11.0 Å². The summed E-state index contributed by atoms with van der Waals surface area (Å²) in [6.45, 7) is 0. The molecule has 162 valence electrons. The molecule has 1 aromatic heterocycles. The SMILES string of the molecule is N#Cc1ccc(OC(=O)c2ccc(-c3nc(-c4ccccc4)c(-c4ccccc4)o3)cc2)cc1. The van der Waals surface area contributed by atoms with E-state index in [9.17, 15) is 4.79 Å². The van der Waals surface area contributed by atoms with Crippen molar-refractivity contribution in [1.29, 1.82) is 5.26 Å². The van der Waals surface area contributed by atoms with Crippen LogP contribution in [0.25, 0.3) is 34.0 Å². The van der Waals surface area contributed by atoms with Crippen LogP contribution in [0, 0.1) is 11.3 Å². The molecule has 0 aliphatic rings. The molecule has 0 saturated carbocycles. The lowest BCUT2D eigenvalue weighted by molar-refractivity contribution is 0.0735. The summed E-state index contributed by atoms with van der Waals surface area (Å²) in [7, 11) is 0. The number of carbonyl (C=O) groups excluding carboxylic acids is 1. The first-order valence-corrected chi connectivity index (χ1v) is 10.7. The van der Waals surface area contributed by atoms with E-state index in [-0.39, 0.29) is 0 Å². The molecule has 1 heterocycles. The minimum absolute atomic E-state index is 0.376. The molecule has 0 unspecified atom stereocenters. The van der Waals surface area contributed by atoms with Gasteiger partial charge < -0.3 is 9.15 Å². The van der Waals surface area contributed by atoms with Crippen molar-refractivity contribution in [3.63, 3.8) is 0 Å². The van der Waals surface area contributed by atoms with E-state index in [4.69, 9.17) is 19.4 Å². The predicted molar refractivity (Wildman–Crippen MR) is 129 cm³/mol. The van der Waals surface area contributed by atoms with Gasteiger partial charge in [-0.1, -0.05) is 60.7 Å². The van der Waals surface area contributed by atoms with E-state index in [1.165, 1.54) is 0 Å². The maximum Gasteiger partial charge on any atom is 0.343 e. The fourth-order valence-electron chi connectivity index (χ4n) is 3.53. The summed E-state index contributed by atoms with van der Waals surface area (Å²) in [5.41, 5.74) is 4.29. The van der Waals surface area contributed by atoms with Gasteiger partial charge in [-0.25, -0.2) is 9.78 Å². The Balaban J connectivity index is 1.43. The molecule has 5 rings (SSSR count). The average Bonchev–Trinajstić information content (AvgIpc) is 3.36. The normalized spacial score (nSPS) is 10.4. The van der Waals surface area contributed by atoms with Crippen molar-refractivity contribution in [2.75, 3.05) is 0 Å². The van der Waals surface area contributed by atoms with Crippen LogP contribution in [0.15, 0.2) is 114 Å². The smallest absolute Gasteiger partial charge is 0.343 e. The van der Waals surface area contributed by atoms with E-state index in [1.54, 1.807) is 48.5 Å². The van der Waals surface area contributed by atoms with Crippen molar-refractivity contribution in [1.82, 2.24) is 4.98 Å². The second kappa shape index (κ2) is 9.27. The summed E-state index contributed by atoms with van der Waals surface area (Å²) >= 11 is 0. The predicted octanol–water partition coefficient (Wildman–Crippen LogP) is 6.77. The number of ether oxygens (including phenoxy) is 1. The number of hydrogen-bond acceptors (Lipinski definition) is 5. The van der Waals surface area contributed by atoms with Crippen LogP contribution in [0.4, 0.5) is 0 Å². The van der Waals surface area contributed by atoms with Crippen LogP contribution in [0.3, 0.4) is 0 Å². The summed E-state index contributed by atoms with van der Waals surface area (Å²) in [5.74, 6) is 1.04. The highest BCUT2D eigenvalue weighted by atomic mass is 16.5. The summed E-state index contributed by atoms with van der Waals surface area (Å²) in [6, 6.07) is 35.1. The van der Waals surface area contributed by atoms with E-state index in [1.807, 2.05) is 66.7 Å². The summed E-state index contributed by atoms with van der Waals surface area (Å²) < 4.78 is 11.6. The quantitative estimate of drug-likeness (QED) is 0.222. The van der Waals surface area contributed by atoms with Gasteiger partial charge in [-0.3, -0.25) is 0 Å². The number of carbonyl (C=O) groups is 1. The molecular weight excluding hydrogens is 424 g/mol. The van der Waals surface area contributed by atoms with Crippen LogP contribution in [0.5, 0.6) is 5.75 Å². The zero-order chi connectivity index (χ0) is 23.3. The molecule has 34 heavy (non-hydrogen) atoms.